The Bertz CT molecular complexity index is 1380. The predicted octanol–water partition coefficient (Wildman–Crippen LogP) is 5.06. The molecule has 2 aliphatic carbocycles. The highest BCUT2D eigenvalue weighted by Crippen LogP contribution is 2.43. The second-order valence-corrected chi connectivity index (χ2v) is 15.7. The molecule has 2 saturated carbocycles. The summed E-state index contributed by atoms with van der Waals surface area (Å²) in [5, 5.41) is 3.12. The summed E-state index contributed by atoms with van der Waals surface area (Å²) in [6.07, 6.45) is 7.12. The maximum absolute atomic E-state index is 14.6. The van der Waals surface area contributed by atoms with Crippen LogP contribution in [0.3, 0.4) is 0 Å². The number of benzene rings is 1. The molecule has 2 heterocycles. The van der Waals surface area contributed by atoms with Crippen molar-refractivity contribution in [1.82, 2.24) is 10.2 Å². The van der Waals surface area contributed by atoms with Gasteiger partial charge in [-0.25, -0.2) is 4.79 Å². The van der Waals surface area contributed by atoms with Crippen LogP contribution in [0.25, 0.3) is 0 Å². The zero-order valence-electron chi connectivity index (χ0n) is 30.5. The van der Waals surface area contributed by atoms with Crippen molar-refractivity contribution < 1.29 is 38.1 Å². The van der Waals surface area contributed by atoms with E-state index in [1.165, 1.54) is 4.90 Å². The number of rotatable bonds is 11. The van der Waals surface area contributed by atoms with Crippen LogP contribution in [0, 0.1) is 11.8 Å². The molecule has 5 rings (SSSR count). The number of nitrogens with zero attached hydrogens (tertiary/aromatic N) is 3. The van der Waals surface area contributed by atoms with Crippen molar-refractivity contribution in [1.29, 1.82) is 0 Å². The molecule has 12 nitrogen and oxygen atoms in total. The van der Waals surface area contributed by atoms with Gasteiger partial charge < -0.3 is 39.0 Å². The SMILES string of the molecule is COCCCN1C(=O)C(C)(C)Oc2ccc(N(C(=O)[C@@H]3C[C@H](C(=O)NCC4(OC)CCCCC4)CN(C(=O)OC(C)(C)C)C3)C3CC3)cc21. The Kier molecular flexibility index (Phi) is 11.2. The molecule has 1 aromatic rings. The second kappa shape index (κ2) is 14.8. The first-order valence-corrected chi connectivity index (χ1v) is 17.9. The quantitative estimate of drug-likeness (QED) is 0.321. The number of ether oxygens (including phenoxy) is 4. The van der Waals surface area contributed by atoms with Gasteiger partial charge in [-0.2, -0.15) is 0 Å². The molecular formula is C37H56N4O8. The van der Waals surface area contributed by atoms with Crippen molar-refractivity contribution >= 4 is 35.2 Å². The zero-order chi connectivity index (χ0) is 35.6. The van der Waals surface area contributed by atoms with E-state index in [2.05, 4.69) is 5.32 Å². The molecule has 49 heavy (non-hydrogen) atoms. The minimum absolute atomic E-state index is 0.0128. The topological polar surface area (TPSA) is 127 Å². The number of nitrogens with one attached hydrogen (secondary N) is 1. The van der Waals surface area contributed by atoms with Crippen molar-refractivity contribution in [2.24, 2.45) is 11.8 Å². The molecule has 0 spiro atoms. The Balaban J connectivity index is 1.40. The second-order valence-electron chi connectivity index (χ2n) is 15.7. The lowest BCUT2D eigenvalue weighted by Gasteiger charge is -2.41. The van der Waals surface area contributed by atoms with E-state index < -0.39 is 34.7 Å². The lowest BCUT2D eigenvalue weighted by atomic mass is 9.84. The number of hydrogen-bond donors (Lipinski definition) is 1. The Labute approximate surface area is 291 Å². The fourth-order valence-corrected chi connectivity index (χ4v) is 7.33. The average molecular weight is 685 g/mol. The molecule has 0 bridgehead atoms. The molecule has 12 heteroatoms. The van der Waals surface area contributed by atoms with Crippen LogP contribution in [-0.2, 0) is 28.6 Å². The van der Waals surface area contributed by atoms with Gasteiger partial charge in [0.1, 0.15) is 11.4 Å². The summed E-state index contributed by atoms with van der Waals surface area (Å²) in [4.78, 5) is 60.3. The summed E-state index contributed by atoms with van der Waals surface area (Å²) >= 11 is 0. The van der Waals surface area contributed by atoms with Crippen LogP contribution in [0.5, 0.6) is 5.75 Å². The third-order valence-electron chi connectivity index (χ3n) is 10.1. The maximum atomic E-state index is 14.6. The lowest BCUT2D eigenvalue weighted by Crippen LogP contribution is -2.55. The van der Waals surface area contributed by atoms with E-state index in [9.17, 15) is 19.2 Å². The summed E-state index contributed by atoms with van der Waals surface area (Å²) in [7, 11) is 3.33. The van der Waals surface area contributed by atoms with Crippen LogP contribution in [0.15, 0.2) is 18.2 Å². The highest BCUT2D eigenvalue weighted by atomic mass is 16.6. The molecule has 1 aromatic carbocycles. The van der Waals surface area contributed by atoms with Crippen molar-refractivity contribution in [2.75, 3.05) is 56.8 Å². The third-order valence-corrected chi connectivity index (χ3v) is 10.1. The van der Waals surface area contributed by atoms with Gasteiger partial charge in [0, 0.05) is 58.7 Å². The molecule has 1 N–H and O–H groups in total. The van der Waals surface area contributed by atoms with E-state index >= 15 is 0 Å². The van der Waals surface area contributed by atoms with Gasteiger partial charge in [-0.05, 0) is 91.3 Å². The van der Waals surface area contributed by atoms with Gasteiger partial charge in [0.25, 0.3) is 5.91 Å². The summed E-state index contributed by atoms with van der Waals surface area (Å²) in [6.45, 7) is 10.6. The highest BCUT2D eigenvalue weighted by molar-refractivity contribution is 6.04. The maximum Gasteiger partial charge on any atom is 0.410 e. The largest absolute Gasteiger partial charge is 0.476 e. The van der Waals surface area contributed by atoms with Crippen LogP contribution in [-0.4, -0.2) is 98.6 Å². The molecule has 3 fully saturated rings. The summed E-state index contributed by atoms with van der Waals surface area (Å²) in [6, 6.07) is 5.53. The van der Waals surface area contributed by atoms with Crippen molar-refractivity contribution in [3.05, 3.63) is 18.2 Å². The summed E-state index contributed by atoms with van der Waals surface area (Å²) < 4.78 is 23.0. The van der Waals surface area contributed by atoms with Crippen LogP contribution in [0.1, 0.15) is 92.4 Å². The van der Waals surface area contributed by atoms with Gasteiger partial charge in [0.2, 0.25) is 11.8 Å². The molecule has 0 unspecified atom stereocenters. The molecule has 4 aliphatic rings. The van der Waals surface area contributed by atoms with E-state index in [1.807, 2.05) is 18.2 Å². The minimum Gasteiger partial charge on any atom is -0.476 e. The third kappa shape index (κ3) is 8.68. The van der Waals surface area contributed by atoms with Gasteiger partial charge in [0.15, 0.2) is 5.60 Å². The predicted molar refractivity (Wildman–Crippen MR) is 186 cm³/mol. The number of likely N-dealkylation sites (tertiary alicyclic amines) is 1. The molecule has 2 aliphatic heterocycles. The Morgan fingerprint density at radius 2 is 1.73 bits per heavy atom. The van der Waals surface area contributed by atoms with Gasteiger partial charge in [-0.3, -0.25) is 14.4 Å². The van der Waals surface area contributed by atoms with Crippen LogP contribution in [0.2, 0.25) is 0 Å². The van der Waals surface area contributed by atoms with Gasteiger partial charge in [-0.15, -0.1) is 0 Å². The first-order chi connectivity index (χ1) is 23.2. The van der Waals surface area contributed by atoms with Crippen LogP contribution in [0.4, 0.5) is 16.2 Å². The number of carbonyl (C=O) groups excluding carboxylic acids is 4. The monoisotopic (exact) mass is 684 g/mol. The number of anilines is 2. The molecule has 1 saturated heterocycles. The van der Waals surface area contributed by atoms with E-state index in [1.54, 1.807) is 58.6 Å². The number of methoxy groups -OCH3 is 2. The smallest absolute Gasteiger partial charge is 0.410 e. The molecule has 4 amide bonds. The van der Waals surface area contributed by atoms with E-state index in [0.29, 0.717) is 49.7 Å². The molecule has 0 aromatic heterocycles. The Morgan fingerprint density at radius 3 is 2.37 bits per heavy atom. The number of fused-ring (bicyclic) bond motifs is 1. The van der Waals surface area contributed by atoms with Crippen molar-refractivity contribution in [3.63, 3.8) is 0 Å². The standard InChI is InChI=1S/C37H56N4O8/c1-35(2,3)49-34(45)39-22-25(31(42)38-24-37(47-7)16-9-8-10-17-37)20-26(23-39)32(43)41(27-12-13-27)28-14-15-30-29(21-28)40(18-11-19-46-6)33(44)36(4,5)48-30/h14-15,21,25-27H,8-13,16-20,22-24H2,1-7H3,(H,38,42)/t25-,26+/m0/s1. The molecule has 0 radical (unpaired) electrons. The highest BCUT2D eigenvalue weighted by Gasteiger charge is 2.45. The van der Waals surface area contributed by atoms with E-state index in [-0.39, 0.29) is 36.9 Å². The lowest BCUT2D eigenvalue weighted by molar-refractivity contribution is -0.133. The zero-order valence-corrected chi connectivity index (χ0v) is 30.5. The molecule has 272 valence electrons. The Morgan fingerprint density at radius 1 is 1.04 bits per heavy atom. The number of carbonyl (C=O) groups is 4. The Hall–Kier alpha value is -3.38. The number of amides is 4. The average Bonchev–Trinajstić information content (AvgIpc) is 3.90. The first kappa shape index (κ1) is 36.9. The van der Waals surface area contributed by atoms with E-state index in [4.69, 9.17) is 18.9 Å². The summed E-state index contributed by atoms with van der Waals surface area (Å²) in [5.41, 5.74) is -0.883. The molecule has 2 atom stereocenters. The minimum atomic E-state index is -1.03. The van der Waals surface area contributed by atoms with Gasteiger partial charge in [0.05, 0.1) is 23.1 Å². The molecular weight excluding hydrogens is 628 g/mol. The normalized spacial score (nSPS) is 23.3. The number of piperidine rings is 1. The van der Waals surface area contributed by atoms with Gasteiger partial charge in [-0.1, -0.05) is 19.3 Å². The fraction of sp³-hybridized carbons (Fsp3) is 0.730. The van der Waals surface area contributed by atoms with E-state index in [0.717, 1.165) is 44.9 Å². The van der Waals surface area contributed by atoms with Gasteiger partial charge >= 0.3 is 6.09 Å². The van der Waals surface area contributed by atoms with Crippen LogP contribution < -0.4 is 19.9 Å². The first-order valence-electron chi connectivity index (χ1n) is 17.9. The van der Waals surface area contributed by atoms with Crippen molar-refractivity contribution in [2.45, 2.75) is 115 Å². The fourth-order valence-electron chi connectivity index (χ4n) is 7.33. The van der Waals surface area contributed by atoms with Crippen molar-refractivity contribution in [3.8, 4) is 5.75 Å². The summed E-state index contributed by atoms with van der Waals surface area (Å²) in [5.74, 6) is -1.15. The number of hydrogen-bond acceptors (Lipinski definition) is 8. The van der Waals surface area contributed by atoms with Crippen LogP contribution >= 0.6 is 0 Å².